The minimum atomic E-state index is -5.09. The molecule has 1 aromatic heterocycles. The maximum atomic E-state index is 13.2. The van der Waals surface area contributed by atoms with Gasteiger partial charge in [0.1, 0.15) is 29.6 Å². The molecule has 138 valence electrons. The van der Waals surface area contributed by atoms with Gasteiger partial charge in [0.25, 0.3) is 5.78 Å². The number of nitrogens with zero attached hydrogens (tertiary/aromatic N) is 1. The maximum Gasteiger partial charge on any atom is 0.456 e. The summed E-state index contributed by atoms with van der Waals surface area (Å²) in [5.74, 6) is -2.41. The normalized spacial score (nSPS) is 19.2. The lowest BCUT2D eigenvalue weighted by Gasteiger charge is -2.23. The zero-order chi connectivity index (χ0) is 19.1. The third-order valence-electron chi connectivity index (χ3n) is 4.20. The number of rotatable bonds is 4. The lowest BCUT2D eigenvalue weighted by molar-refractivity contribution is -0.0888. The van der Waals surface area contributed by atoms with Crippen LogP contribution in [0.2, 0.25) is 0 Å². The predicted molar refractivity (Wildman–Crippen MR) is 93.2 cm³/mol. The van der Waals surface area contributed by atoms with Gasteiger partial charge in [-0.25, -0.2) is 9.37 Å². The highest BCUT2D eigenvalue weighted by Gasteiger charge is 2.45. The molecule has 0 saturated carbocycles. The number of ketones is 1. The van der Waals surface area contributed by atoms with Crippen LogP contribution in [0.4, 0.5) is 17.6 Å². The van der Waals surface area contributed by atoms with Gasteiger partial charge >= 0.3 is 6.18 Å². The van der Waals surface area contributed by atoms with Gasteiger partial charge in [0.15, 0.2) is 0 Å². The molecular weight excluding hydrogens is 469 g/mol. The summed E-state index contributed by atoms with van der Waals surface area (Å²) in [5, 5.41) is 9.79. The van der Waals surface area contributed by atoms with Crippen LogP contribution in [0.5, 0.6) is 5.75 Å². The minimum Gasteiger partial charge on any atom is -0.490 e. The van der Waals surface area contributed by atoms with E-state index in [1.807, 2.05) is 22.6 Å². The molecule has 3 rings (SSSR count). The summed E-state index contributed by atoms with van der Waals surface area (Å²) in [4.78, 5) is 15.6. The summed E-state index contributed by atoms with van der Waals surface area (Å²) in [7, 11) is 0. The zero-order valence-electron chi connectivity index (χ0n) is 13.1. The van der Waals surface area contributed by atoms with Crippen molar-refractivity contribution >= 4 is 28.4 Å². The molecule has 1 aromatic carbocycles. The van der Waals surface area contributed by atoms with Crippen LogP contribution < -0.4 is 4.74 Å². The Bertz CT molecular complexity index is 848. The van der Waals surface area contributed by atoms with Crippen LogP contribution in [0.25, 0.3) is 11.3 Å². The van der Waals surface area contributed by atoms with Gasteiger partial charge in [-0.3, -0.25) is 4.79 Å². The minimum absolute atomic E-state index is 0.00951. The van der Waals surface area contributed by atoms with E-state index >= 15 is 0 Å². The average molecular weight is 481 g/mol. The Morgan fingerprint density at radius 3 is 2.50 bits per heavy atom. The quantitative estimate of drug-likeness (QED) is 0.314. The molecule has 1 aliphatic rings. The number of hydrogen-bond donors (Lipinski definition) is 1. The predicted octanol–water partition coefficient (Wildman–Crippen LogP) is 3.69. The fraction of sp³-hybridized carbons (Fsp3) is 0.294. The van der Waals surface area contributed by atoms with E-state index in [9.17, 15) is 27.5 Å². The number of ether oxygens (including phenoxy) is 1. The highest BCUT2D eigenvalue weighted by atomic mass is 127. The van der Waals surface area contributed by atoms with Crippen LogP contribution in [0.15, 0.2) is 30.3 Å². The second-order valence-corrected chi connectivity index (χ2v) is 6.69. The fourth-order valence-electron chi connectivity index (χ4n) is 2.71. The lowest BCUT2D eigenvalue weighted by Crippen LogP contribution is -2.34. The number of carbonyl (C=O) groups excluding carboxylic acids is 1. The molecule has 26 heavy (non-hydrogen) atoms. The van der Waals surface area contributed by atoms with Gasteiger partial charge in [-0.05, 0) is 30.3 Å². The maximum absolute atomic E-state index is 13.2. The summed E-state index contributed by atoms with van der Waals surface area (Å²) in [6.45, 7) is -0.323. The van der Waals surface area contributed by atoms with Crippen LogP contribution in [0.1, 0.15) is 16.1 Å². The van der Waals surface area contributed by atoms with Crippen LogP contribution in [0, 0.1) is 5.82 Å². The van der Waals surface area contributed by atoms with E-state index in [0.717, 1.165) is 18.2 Å². The van der Waals surface area contributed by atoms with E-state index in [1.165, 1.54) is 12.1 Å². The van der Waals surface area contributed by atoms with Crippen LogP contribution in [-0.4, -0.2) is 39.7 Å². The topological polar surface area (TPSA) is 59.4 Å². The monoisotopic (exact) mass is 481 g/mol. The molecule has 0 saturated heterocycles. The van der Waals surface area contributed by atoms with E-state index < -0.39 is 28.9 Å². The summed E-state index contributed by atoms with van der Waals surface area (Å²) in [6.07, 6.45) is -5.09. The standard InChI is InChI=1S/C17H12F4INO3/c18-10-3-1-9(2-4-10)13-14-11(16(6-22,7-24)8-26-14)5-12(23-13)15(25)17(19,20)21/h1-5,24H,6-8H2. The molecule has 0 radical (unpaired) electrons. The van der Waals surface area contributed by atoms with Gasteiger partial charge in [-0.1, -0.05) is 22.6 Å². The highest BCUT2D eigenvalue weighted by molar-refractivity contribution is 14.1. The van der Waals surface area contributed by atoms with Crippen molar-refractivity contribution in [1.82, 2.24) is 4.98 Å². The first-order valence-corrected chi connectivity index (χ1v) is 8.97. The molecule has 0 aliphatic carbocycles. The number of Topliss-reactive ketones (excluding diaryl/α,β-unsaturated/α-hetero) is 1. The molecular formula is C17H12F4INO3. The molecule has 2 heterocycles. The van der Waals surface area contributed by atoms with E-state index in [1.54, 1.807) is 0 Å². The number of benzene rings is 1. The van der Waals surface area contributed by atoms with Crippen molar-refractivity contribution in [2.75, 3.05) is 17.6 Å². The number of alkyl halides is 4. The first-order valence-electron chi connectivity index (χ1n) is 7.44. The van der Waals surface area contributed by atoms with E-state index in [0.29, 0.717) is 9.99 Å². The number of aliphatic hydroxyl groups is 1. The van der Waals surface area contributed by atoms with Crippen molar-refractivity contribution in [2.24, 2.45) is 0 Å². The first-order chi connectivity index (χ1) is 12.2. The smallest absolute Gasteiger partial charge is 0.456 e. The lowest BCUT2D eigenvalue weighted by atomic mass is 9.84. The summed E-state index contributed by atoms with van der Waals surface area (Å²) in [6, 6.07) is 5.97. The highest BCUT2D eigenvalue weighted by Crippen LogP contribution is 2.45. The molecule has 1 unspecified atom stereocenters. The second kappa shape index (κ2) is 6.76. The molecule has 2 aromatic rings. The Kier molecular flexibility index (Phi) is 4.95. The van der Waals surface area contributed by atoms with Gasteiger partial charge in [-0.2, -0.15) is 13.2 Å². The molecule has 0 amide bonds. The van der Waals surface area contributed by atoms with Crippen LogP contribution in [-0.2, 0) is 5.41 Å². The second-order valence-electron chi connectivity index (χ2n) is 5.93. The van der Waals surface area contributed by atoms with Gasteiger partial charge in [0.2, 0.25) is 0 Å². The van der Waals surface area contributed by atoms with Gasteiger partial charge in [0.05, 0.1) is 12.0 Å². The fourth-order valence-corrected chi connectivity index (χ4v) is 3.58. The van der Waals surface area contributed by atoms with Gasteiger partial charge < -0.3 is 9.84 Å². The summed E-state index contributed by atoms with van der Waals surface area (Å²) in [5.41, 5.74) is -1.12. The molecule has 0 fully saturated rings. The number of fused-ring (bicyclic) bond motifs is 1. The number of pyridine rings is 1. The number of aliphatic hydroxyl groups excluding tert-OH is 1. The molecule has 0 spiro atoms. The Morgan fingerprint density at radius 1 is 1.31 bits per heavy atom. The SMILES string of the molecule is O=C(c1cc2c(c(-c3ccc(F)cc3)n1)OCC2(CO)CI)C(F)(F)F. The molecule has 9 heteroatoms. The molecule has 1 atom stereocenters. The largest absolute Gasteiger partial charge is 0.490 e. The number of aromatic nitrogens is 1. The van der Waals surface area contributed by atoms with Crippen molar-refractivity contribution in [3.63, 3.8) is 0 Å². The number of carbonyl (C=O) groups is 1. The van der Waals surface area contributed by atoms with Gasteiger partial charge in [0, 0.05) is 15.6 Å². The van der Waals surface area contributed by atoms with Crippen molar-refractivity contribution in [3.8, 4) is 17.0 Å². The van der Waals surface area contributed by atoms with Crippen molar-refractivity contribution in [3.05, 3.63) is 47.4 Å². The Labute approximate surface area is 159 Å². The summed E-state index contributed by atoms with van der Waals surface area (Å²) < 4.78 is 57.9. The average Bonchev–Trinajstić information content (AvgIpc) is 2.99. The van der Waals surface area contributed by atoms with E-state index in [4.69, 9.17) is 4.74 Å². The molecule has 4 nitrogen and oxygen atoms in total. The van der Waals surface area contributed by atoms with Crippen LogP contribution in [0.3, 0.4) is 0 Å². The molecule has 1 aliphatic heterocycles. The Hall–Kier alpha value is -1.75. The van der Waals surface area contributed by atoms with Gasteiger partial charge in [-0.15, -0.1) is 0 Å². The first kappa shape index (κ1) is 19.0. The van der Waals surface area contributed by atoms with E-state index in [-0.39, 0.29) is 30.2 Å². The zero-order valence-corrected chi connectivity index (χ0v) is 15.3. The molecule has 0 bridgehead atoms. The van der Waals surface area contributed by atoms with Crippen molar-refractivity contribution < 1.29 is 32.2 Å². The number of hydrogen-bond acceptors (Lipinski definition) is 4. The van der Waals surface area contributed by atoms with Crippen molar-refractivity contribution in [2.45, 2.75) is 11.6 Å². The summed E-state index contributed by atoms with van der Waals surface area (Å²) >= 11 is 2.00. The Morgan fingerprint density at radius 2 is 1.96 bits per heavy atom. The Balaban J connectivity index is 2.26. The number of halogens is 5. The molecule has 1 N–H and O–H groups in total. The third-order valence-corrected chi connectivity index (χ3v) is 5.66. The van der Waals surface area contributed by atoms with Crippen LogP contribution >= 0.6 is 22.6 Å². The third kappa shape index (κ3) is 3.18. The van der Waals surface area contributed by atoms with Crippen molar-refractivity contribution in [1.29, 1.82) is 0 Å². The van der Waals surface area contributed by atoms with E-state index in [2.05, 4.69) is 4.98 Å².